The molecule has 5 heteroatoms. The molecule has 0 saturated carbocycles. The van der Waals surface area contributed by atoms with Crippen LogP contribution < -0.4 is 15.4 Å². The molecular formula is C11H19N3O2. The first-order valence-electron chi connectivity index (χ1n) is 5.07. The Balaban J connectivity index is 3.05. The van der Waals surface area contributed by atoms with Gasteiger partial charge in [-0.2, -0.15) is 4.98 Å². The molecule has 1 aromatic rings. The van der Waals surface area contributed by atoms with Gasteiger partial charge >= 0.3 is 0 Å². The van der Waals surface area contributed by atoms with Gasteiger partial charge in [0.1, 0.15) is 5.82 Å². The van der Waals surface area contributed by atoms with Crippen molar-refractivity contribution in [2.24, 2.45) is 0 Å². The second kappa shape index (κ2) is 4.57. The van der Waals surface area contributed by atoms with Gasteiger partial charge in [-0.1, -0.05) is 0 Å². The quantitative estimate of drug-likeness (QED) is 0.796. The maximum Gasteiger partial charge on any atom is 0.238 e. The summed E-state index contributed by atoms with van der Waals surface area (Å²) in [6.45, 7) is 3.90. The molecule has 0 saturated heterocycles. The van der Waals surface area contributed by atoms with E-state index < -0.39 is 0 Å². The highest BCUT2D eigenvalue weighted by Crippen LogP contribution is 2.25. The van der Waals surface area contributed by atoms with E-state index in [0.29, 0.717) is 17.4 Å². The zero-order chi connectivity index (χ0) is 12.3. The van der Waals surface area contributed by atoms with Gasteiger partial charge in [0.2, 0.25) is 5.88 Å². The molecule has 0 aliphatic heterocycles. The zero-order valence-corrected chi connectivity index (χ0v) is 10.2. The lowest BCUT2D eigenvalue weighted by Gasteiger charge is -2.35. The van der Waals surface area contributed by atoms with Crippen LogP contribution in [0.5, 0.6) is 5.88 Å². The third kappa shape index (κ3) is 2.36. The molecule has 1 heterocycles. The lowest BCUT2D eigenvalue weighted by molar-refractivity contribution is 0.215. The number of rotatable bonds is 4. The minimum absolute atomic E-state index is 0.0396. The largest absolute Gasteiger partial charge is 0.479 e. The predicted octanol–water partition coefficient (Wildman–Crippen LogP) is 0.879. The number of anilines is 2. The SMILES string of the molecule is COc1nc(N(C)C(C)(C)CO)ccc1N. The molecule has 0 spiro atoms. The predicted molar refractivity (Wildman–Crippen MR) is 64.8 cm³/mol. The summed E-state index contributed by atoms with van der Waals surface area (Å²) in [6, 6.07) is 3.54. The van der Waals surface area contributed by atoms with Gasteiger partial charge in [0, 0.05) is 7.05 Å². The fourth-order valence-corrected chi connectivity index (χ4v) is 1.21. The fourth-order valence-electron chi connectivity index (χ4n) is 1.21. The molecule has 3 N–H and O–H groups in total. The summed E-state index contributed by atoms with van der Waals surface area (Å²) in [5.41, 5.74) is 5.81. The van der Waals surface area contributed by atoms with Crippen molar-refractivity contribution < 1.29 is 9.84 Å². The maximum absolute atomic E-state index is 9.28. The van der Waals surface area contributed by atoms with Crippen LogP contribution in [0.4, 0.5) is 11.5 Å². The van der Waals surface area contributed by atoms with Crippen molar-refractivity contribution in [1.82, 2.24) is 4.98 Å². The zero-order valence-electron chi connectivity index (χ0n) is 10.2. The Labute approximate surface area is 95.8 Å². The molecule has 5 nitrogen and oxygen atoms in total. The van der Waals surface area contributed by atoms with Crippen LogP contribution in [0.25, 0.3) is 0 Å². The Morgan fingerprint density at radius 2 is 2.12 bits per heavy atom. The summed E-state index contributed by atoms with van der Waals surface area (Å²) >= 11 is 0. The second-order valence-corrected chi connectivity index (χ2v) is 4.30. The number of pyridine rings is 1. The van der Waals surface area contributed by atoms with Gasteiger partial charge in [0.25, 0.3) is 0 Å². The van der Waals surface area contributed by atoms with E-state index >= 15 is 0 Å². The molecule has 0 aromatic carbocycles. The standard InChI is InChI=1S/C11H19N3O2/c1-11(2,7-15)14(3)9-6-5-8(12)10(13-9)16-4/h5-6,15H,7,12H2,1-4H3. The highest BCUT2D eigenvalue weighted by atomic mass is 16.5. The number of aliphatic hydroxyl groups is 1. The number of ether oxygens (including phenoxy) is 1. The number of aliphatic hydroxyl groups excluding tert-OH is 1. The van der Waals surface area contributed by atoms with Gasteiger partial charge in [-0.05, 0) is 26.0 Å². The molecular weight excluding hydrogens is 206 g/mol. The van der Waals surface area contributed by atoms with Crippen molar-refractivity contribution in [3.05, 3.63) is 12.1 Å². The van der Waals surface area contributed by atoms with Crippen LogP contribution in [0.2, 0.25) is 0 Å². The number of methoxy groups -OCH3 is 1. The summed E-state index contributed by atoms with van der Waals surface area (Å²) < 4.78 is 5.06. The second-order valence-electron chi connectivity index (χ2n) is 4.30. The topological polar surface area (TPSA) is 71.6 Å². The first-order chi connectivity index (χ1) is 7.42. The normalized spacial score (nSPS) is 11.3. The average Bonchev–Trinajstić information content (AvgIpc) is 2.28. The molecule has 0 fully saturated rings. The van der Waals surface area contributed by atoms with Crippen molar-refractivity contribution in [2.45, 2.75) is 19.4 Å². The first kappa shape index (κ1) is 12.6. The number of aromatic nitrogens is 1. The summed E-state index contributed by atoms with van der Waals surface area (Å²) in [6.07, 6.45) is 0. The van der Waals surface area contributed by atoms with Gasteiger partial charge in [0.15, 0.2) is 0 Å². The number of likely N-dealkylation sites (N-methyl/N-ethyl adjacent to an activating group) is 1. The molecule has 16 heavy (non-hydrogen) atoms. The van der Waals surface area contributed by atoms with E-state index in [9.17, 15) is 5.11 Å². The molecule has 0 atom stereocenters. The van der Waals surface area contributed by atoms with E-state index in [0.717, 1.165) is 0 Å². The third-order valence-electron chi connectivity index (χ3n) is 2.71. The smallest absolute Gasteiger partial charge is 0.238 e. The summed E-state index contributed by atoms with van der Waals surface area (Å²) in [5.74, 6) is 1.11. The lowest BCUT2D eigenvalue weighted by Crippen LogP contribution is -2.44. The van der Waals surface area contributed by atoms with Gasteiger partial charge in [0.05, 0.1) is 24.9 Å². The van der Waals surface area contributed by atoms with Gasteiger partial charge < -0.3 is 20.5 Å². The van der Waals surface area contributed by atoms with E-state index in [2.05, 4.69) is 4.98 Å². The van der Waals surface area contributed by atoms with Crippen molar-refractivity contribution >= 4 is 11.5 Å². The van der Waals surface area contributed by atoms with E-state index in [1.54, 1.807) is 12.1 Å². The summed E-state index contributed by atoms with van der Waals surface area (Å²) in [4.78, 5) is 6.16. The molecule has 1 aromatic heterocycles. The highest BCUT2D eigenvalue weighted by Gasteiger charge is 2.24. The lowest BCUT2D eigenvalue weighted by atomic mass is 10.1. The van der Waals surface area contributed by atoms with Crippen LogP contribution in [0.1, 0.15) is 13.8 Å². The maximum atomic E-state index is 9.28. The van der Waals surface area contributed by atoms with E-state index in [4.69, 9.17) is 10.5 Å². The van der Waals surface area contributed by atoms with Crippen molar-refractivity contribution in [2.75, 3.05) is 31.4 Å². The molecule has 0 amide bonds. The van der Waals surface area contributed by atoms with Crippen molar-refractivity contribution in [3.8, 4) is 5.88 Å². The van der Waals surface area contributed by atoms with Crippen LogP contribution in [-0.2, 0) is 0 Å². The summed E-state index contributed by atoms with van der Waals surface area (Å²) in [5, 5.41) is 9.28. The Hall–Kier alpha value is -1.49. The molecule has 0 radical (unpaired) electrons. The van der Waals surface area contributed by atoms with Crippen LogP contribution in [0.3, 0.4) is 0 Å². The van der Waals surface area contributed by atoms with E-state index in [1.807, 2.05) is 25.8 Å². The first-order valence-corrected chi connectivity index (χ1v) is 5.07. The van der Waals surface area contributed by atoms with E-state index in [1.165, 1.54) is 7.11 Å². The van der Waals surface area contributed by atoms with Gasteiger partial charge in [-0.25, -0.2) is 0 Å². The minimum Gasteiger partial charge on any atom is -0.479 e. The Bertz CT molecular complexity index is 366. The van der Waals surface area contributed by atoms with Crippen LogP contribution in [0, 0.1) is 0 Å². The van der Waals surface area contributed by atoms with E-state index in [-0.39, 0.29) is 12.1 Å². The number of hydrogen-bond acceptors (Lipinski definition) is 5. The highest BCUT2D eigenvalue weighted by molar-refractivity contribution is 5.55. The average molecular weight is 225 g/mol. The van der Waals surface area contributed by atoms with Crippen LogP contribution in [0.15, 0.2) is 12.1 Å². The molecule has 1 rings (SSSR count). The number of nitrogens with two attached hydrogens (primary N) is 1. The summed E-state index contributed by atoms with van der Waals surface area (Å²) in [7, 11) is 3.40. The number of hydrogen-bond donors (Lipinski definition) is 2. The fraction of sp³-hybridized carbons (Fsp3) is 0.545. The Morgan fingerprint density at radius 1 is 1.50 bits per heavy atom. The van der Waals surface area contributed by atoms with Crippen molar-refractivity contribution in [1.29, 1.82) is 0 Å². The third-order valence-corrected chi connectivity index (χ3v) is 2.71. The van der Waals surface area contributed by atoms with Crippen molar-refractivity contribution in [3.63, 3.8) is 0 Å². The monoisotopic (exact) mass is 225 g/mol. The molecule has 90 valence electrons. The Morgan fingerprint density at radius 3 is 2.62 bits per heavy atom. The molecule has 0 unspecified atom stereocenters. The Kier molecular flexibility index (Phi) is 3.59. The number of nitrogens with zero attached hydrogens (tertiary/aromatic N) is 2. The van der Waals surface area contributed by atoms with Crippen LogP contribution in [-0.4, -0.2) is 36.4 Å². The van der Waals surface area contributed by atoms with Gasteiger partial charge in [-0.3, -0.25) is 0 Å². The van der Waals surface area contributed by atoms with Gasteiger partial charge in [-0.15, -0.1) is 0 Å². The minimum atomic E-state index is -0.381. The molecule has 0 bridgehead atoms. The van der Waals surface area contributed by atoms with Crippen LogP contribution >= 0.6 is 0 Å². The molecule has 0 aliphatic rings. The molecule has 0 aliphatic carbocycles. The number of nitrogen functional groups attached to an aromatic ring is 1.